The zero-order valence-electron chi connectivity index (χ0n) is 14.8. The van der Waals surface area contributed by atoms with E-state index in [9.17, 15) is 19.2 Å². The molecule has 2 heterocycles. The van der Waals surface area contributed by atoms with Gasteiger partial charge in [0.15, 0.2) is 0 Å². The monoisotopic (exact) mass is 375 g/mol. The Kier molecular flexibility index (Phi) is 5.31. The summed E-state index contributed by atoms with van der Waals surface area (Å²) in [6, 6.07) is 6.89. The molecule has 1 fully saturated rings. The summed E-state index contributed by atoms with van der Waals surface area (Å²) in [5.41, 5.74) is 0.780. The summed E-state index contributed by atoms with van der Waals surface area (Å²) in [7, 11) is 0. The number of nitrogens with zero attached hydrogens (tertiary/aromatic N) is 3. The van der Waals surface area contributed by atoms with Crippen LogP contribution in [0.4, 0.5) is 10.5 Å². The van der Waals surface area contributed by atoms with Gasteiger partial charge >= 0.3 is 17.8 Å². The number of rotatable bonds is 4. The van der Waals surface area contributed by atoms with Gasteiger partial charge < -0.3 is 4.90 Å². The van der Waals surface area contributed by atoms with Crippen LogP contribution in [0.2, 0.25) is 0 Å². The molecule has 8 heteroatoms. The molecule has 5 amide bonds. The molecule has 1 aromatic rings. The van der Waals surface area contributed by atoms with Crippen molar-refractivity contribution in [1.29, 1.82) is 0 Å². The van der Waals surface area contributed by atoms with Crippen LogP contribution in [0.3, 0.4) is 0 Å². The van der Waals surface area contributed by atoms with Crippen molar-refractivity contribution in [3.8, 4) is 0 Å². The first-order valence-corrected chi connectivity index (χ1v) is 9.55. The third-order valence-electron chi connectivity index (χ3n) is 4.42. The maximum atomic E-state index is 12.9. The van der Waals surface area contributed by atoms with Gasteiger partial charge in [0.05, 0.1) is 5.69 Å². The predicted molar refractivity (Wildman–Crippen MR) is 97.8 cm³/mol. The van der Waals surface area contributed by atoms with Crippen molar-refractivity contribution >= 4 is 41.2 Å². The number of thioether (sulfide) groups is 1. The van der Waals surface area contributed by atoms with E-state index in [1.165, 1.54) is 0 Å². The van der Waals surface area contributed by atoms with Crippen LogP contribution in [0.25, 0.3) is 0 Å². The Balaban J connectivity index is 1.81. The van der Waals surface area contributed by atoms with E-state index < -0.39 is 24.4 Å². The SMILES string of the molecule is CCCN1C(=O)C(=O)N(CC(=O)N2CC[C@H](C)Sc3ccccc32)C1=O. The second-order valence-corrected chi connectivity index (χ2v) is 7.84. The van der Waals surface area contributed by atoms with Crippen molar-refractivity contribution in [1.82, 2.24) is 9.80 Å². The fourth-order valence-electron chi connectivity index (χ4n) is 3.08. The fourth-order valence-corrected chi connectivity index (χ4v) is 4.19. The number of hydrogen-bond acceptors (Lipinski definition) is 5. The van der Waals surface area contributed by atoms with Gasteiger partial charge in [0.25, 0.3) is 0 Å². The number of anilines is 1. The molecule has 0 aliphatic carbocycles. The van der Waals surface area contributed by atoms with Crippen molar-refractivity contribution in [2.45, 2.75) is 36.8 Å². The molecule has 26 heavy (non-hydrogen) atoms. The van der Waals surface area contributed by atoms with E-state index in [2.05, 4.69) is 6.92 Å². The molecule has 138 valence electrons. The summed E-state index contributed by atoms with van der Waals surface area (Å²) in [6.07, 6.45) is 1.36. The molecule has 0 unspecified atom stereocenters. The van der Waals surface area contributed by atoms with E-state index in [1.807, 2.05) is 31.2 Å². The molecule has 0 aromatic heterocycles. The highest BCUT2D eigenvalue weighted by Crippen LogP contribution is 2.37. The Bertz CT molecular complexity index is 767. The first-order chi connectivity index (χ1) is 12.4. The minimum absolute atomic E-state index is 0.175. The average molecular weight is 375 g/mol. The summed E-state index contributed by atoms with van der Waals surface area (Å²) in [5.74, 6) is -2.15. The molecule has 0 bridgehead atoms. The third-order valence-corrected chi connectivity index (χ3v) is 5.66. The third kappa shape index (κ3) is 3.33. The minimum atomic E-state index is -0.928. The Morgan fingerprint density at radius 1 is 1.15 bits per heavy atom. The van der Waals surface area contributed by atoms with E-state index in [0.29, 0.717) is 18.2 Å². The van der Waals surface area contributed by atoms with Crippen molar-refractivity contribution in [2.24, 2.45) is 0 Å². The molecule has 0 spiro atoms. The normalized spacial score (nSPS) is 20.5. The minimum Gasteiger partial charge on any atom is -0.310 e. The number of amides is 5. The lowest BCUT2D eigenvalue weighted by atomic mass is 10.2. The van der Waals surface area contributed by atoms with Crippen molar-refractivity contribution in [3.05, 3.63) is 24.3 Å². The lowest BCUT2D eigenvalue weighted by Gasteiger charge is -2.24. The number of hydrogen-bond donors (Lipinski definition) is 0. The molecule has 0 N–H and O–H groups in total. The first kappa shape index (κ1) is 18.4. The standard InChI is InChI=1S/C18H21N3O4S/c1-3-9-20-16(23)17(24)21(18(20)25)11-15(22)19-10-8-12(2)26-14-7-5-4-6-13(14)19/h4-7,12H,3,8-11H2,1-2H3/t12-/m0/s1. The molecule has 0 radical (unpaired) electrons. The predicted octanol–water partition coefficient (Wildman–Crippen LogP) is 2.10. The van der Waals surface area contributed by atoms with Crippen LogP contribution < -0.4 is 4.90 Å². The van der Waals surface area contributed by atoms with E-state index in [0.717, 1.165) is 26.8 Å². The summed E-state index contributed by atoms with van der Waals surface area (Å²) >= 11 is 1.70. The first-order valence-electron chi connectivity index (χ1n) is 8.67. The number of para-hydroxylation sites is 1. The highest BCUT2D eigenvalue weighted by molar-refractivity contribution is 8.00. The van der Waals surface area contributed by atoms with Gasteiger partial charge in [-0.2, -0.15) is 0 Å². The van der Waals surface area contributed by atoms with Gasteiger partial charge in [0.1, 0.15) is 6.54 Å². The maximum Gasteiger partial charge on any atom is 0.334 e. The topological polar surface area (TPSA) is 78.0 Å². The van der Waals surface area contributed by atoms with Crippen LogP contribution in [-0.2, 0) is 14.4 Å². The largest absolute Gasteiger partial charge is 0.334 e. The Morgan fingerprint density at radius 3 is 2.58 bits per heavy atom. The number of benzene rings is 1. The van der Waals surface area contributed by atoms with Gasteiger partial charge in [0, 0.05) is 23.2 Å². The Morgan fingerprint density at radius 2 is 1.85 bits per heavy atom. The number of carbonyl (C=O) groups excluding carboxylic acids is 4. The number of imide groups is 2. The van der Waals surface area contributed by atoms with Crippen LogP contribution in [0.5, 0.6) is 0 Å². The van der Waals surface area contributed by atoms with Gasteiger partial charge in [-0.05, 0) is 25.0 Å². The summed E-state index contributed by atoms with van der Waals surface area (Å²) < 4.78 is 0. The van der Waals surface area contributed by atoms with Crippen LogP contribution in [0.15, 0.2) is 29.2 Å². The summed E-state index contributed by atoms with van der Waals surface area (Å²) in [5, 5.41) is 0.352. The average Bonchev–Trinajstić information content (AvgIpc) is 2.77. The molecule has 1 saturated heterocycles. The smallest absolute Gasteiger partial charge is 0.310 e. The highest BCUT2D eigenvalue weighted by Gasteiger charge is 2.45. The van der Waals surface area contributed by atoms with Crippen LogP contribution in [0, 0.1) is 0 Å². The zero-order valence-corrected chi connectivity index (χ0v) is 15.6. The molecule has 0 saturated carbocycles. The second kappa shape index (κ2) is 7.49. The molecular formula is C18H21N3O4S. The molecule has 1 atom stereocenters. The Labute approximate surface area is 156 Å². The van der Waals surface area contributed by atoms with E-state index in [4.69, 9.17) is 0 Å². The zero-order chi connectivity index (χ0) is 18.8. The summed E-state index contributed by atoms with van der Waals surface area (Å²) in [4.78, 5) is 53.6. The van der Waals surface area contributed by atoms with Gasteiger partial charge in [-0.3, -0.25) is 19.3 Å². The molecule has 2 aliphatic rings. The number of fused-ring (bicyclic) bond motifs is 1. The molecule has 2 aliphatic heterocycles. The van der Waals surface area contributed by atoms with Crippen molar-refractivity contribution in [2.75, 3.05) is 24.5 Å². The van der Waals surface area contributed by atoms with E-state index >= 15 is 0 Å². The lowest BCUT2D eigenvalue weighted by Crippen LogP contribution is -2.44. The van der Waals surface area contributed by atoms with Crippen LogP contribution in [-0.4, -0.2) is 58.4 Å². The van der Waals surface area contributed by atoms with Crippen LogP contribution >= 0.6 is 11.8 Å². The second-order valence-electron chi connectivity index (χ2n) is 6.36. The van der Waals surface area contributed by atoms with E-state index in [-0.39, 0.29) is 12.5 Å². The molecule has 3 rings (SSSR count). The lowest BCUT2D eigenvalue weighted by molar-refractivity contribution is -0.143. The van der Waals surface area contributed by atoms with Crippen molar-refractivity contribution in [3.63, 3.8) is 0 Å². The number of urea groups is 1. The Hall–Kier alpha value is -2.35. The van der Waals surface area contributed by atoms with Gasteiger partial charge in [0.2, 0.25) is 5.91 Å². The maximum absolute atomic E-state index is 12.9. The molecular weight excluding hydrogens is 354 g/mol. The fraction of sp³-hybridized carbons (Fsp3) is 0.444. The highest BCUT2D eigenvalue weighted by atomic mass is 32.2. The van der Waals surface area contributed by atoms with Gasteiger partial charge in [-0.1, -0.05) is 26.0 Å². The van der Waals surface area contributed by atoms with Crippen molar-refractivity contribution < 1.29 is 19.2 Å². The van der Waals surface area contributed by atoms with Crippen LogP contribution in [0.1, 0.15) is 26.7 Å². The van der Waals surface area contributed by atoms with E-state index in [1.54, 1.807) is 16.7 Å². The number of carbonyl (C=O) groups is 4. The molecule has 1 aromatic carbocycles. The van der Waals surface area contributed by atoms with Gasteiger partial charge in [-0.15, -0.1) is 11.8 Å². The summed E-state index contributed by atoms with van der Waals surface area (Å²) in [6.45, 7) is 4.18. The van der Waals surface area contributed by atoms with Gasteiger partial charge in [-0.25, -0.2) is 9.69 Å². The molecule has 7 nitrogen and oxygen atoms in total. The quantitative estimate of drug-likeness (QED) is 0.595.